The molecule has 6 nitrogen and oxygen atoms in total. The van der Waals surface area contributed by atoms with Gasteiger partial charge in [-0.05, 0) is 70.6 Å². The van der Waals surface area contributed by atoms with Gasteiger partial charge in [0.2, 0.25) is 0 Å². The molecule has 0 fully saturated rings. The molecule has 0 saturated heterocycles. The SMILES string of the molecule is CCCCCCC/C=C\CCCCCCCC(=O)OC(COC(=O)CCCCCCCCC/C=C\CCCCCCCCC)COC(=O)CCCCCCCCCCC. The summed E-state index contributed by atoms with van der Waals surface area (Å²) >= 11 is 0. The first-order chi connectivity index (χ1) is 29.0. The highest BCUT2D eigenvalue weighted by Gasteiger charge is 2.19. The second-order valence-corrected chi connectivity index (χ2v) is 17.4. The molecule has 6 heteroatoms. The van der Waals surface area contributed by atoms with Gasteiger partial charge in [-0.1, -0.05) is 212 Å². The van der Waals surface area contributed by atoms with E-state index >= 15 is 0 Å². The van der Waals surface area contributed by atoms with Gasteiger partial charge in [-0.3, -0.25) is 14.4 Å². The Labute approximate surface area is 366 Å². The summed E-state index contributed by atoms with van der Waals surface area (Å²) in [5.41, 5.74) is 0. The predicted molar refractivity (Wildman–Crippen MR) is 252 cm³/mol. The van der Waals surface area contributed by atoms with Crippen LogP contribution in [0.2, 0.25) is 0 Å². The molecule has 0 aromatic rings. The van der Waals surface area contributed by atoms with Crippen LogP contribution in [0.15, 0.2) is 24.3 Å². The van der Waals surface area contributed by atoms with E-state index in [2.05, 4.69) is 45.1 Å². The Morgan fingerprint density at radius 3 is 0.847 bits per heavy atom. The fraction of sp³-hybridized carbons (Fsp3) is 0.868. The highest BCUT2D eigenvalue weighted by molar-refractivity contribution is 5.71. The summed E-state index contributed by atoms with van der Waals surface area (Å²) in [6.07, 6.45) is 54.5. The molecular weight excluding hydrogens is 733 g/mol. The second kappa shape index (κ2) is 48.6. The van der Waals surface area contributed by atoms with E-state index in [0.29, 0.717) is 19.3 Å². The number of hydrogen-bond donors (Lipinski definition) is 0. The minimum absolute atomic E-state index is 0.0729. The van der Waals surface area contributed by atoms with Crippen LogP contribution in [0.5, 0.6) is 0 Å². The van der Waals surface area contributed by atoms with E-state index in [1.807, 2.05) is 0 Å². The quantitative estimate of drug-likeness (QED) is 0.0263. The first kappa shape index (κ1) is 56.9. The molecule has 59 heavy (non-hydrogen) atoms. The maximum absolute atomic E-state index is 12.8. The molecule has 346 valence electrons. The molecule has 0 amide bonds. The van der Waals surface area contributed by atoms with Crippen molar-refractivity contribution in [1.29, 1.82) is 0 Å². The van der Waals surface area contributed by atoms with Gasteiger partial charge in [-0.2, -0.15) is 0 Å². The van der Waals surface area contributed by atoms with Gasteiger partial charge in [0.15, 0.2) is 6.10 Å². The lowest BCUT2D eigenvalue weighted by Gasteiger charge is -2.18. The lowest BCUT2D eigenvalue weighted by Crippen LogP contribution is -2.30. The Morgan fingerprint density at radius 2 is 0.559 bits per heavy atom. The number of esters is 3. The maximum Gasteiger partial charge on any atom is 0.306 e. The third kappa shape index (κ3) is 46.8. The van der Waals surface area contributed by atoms with Gasteiger partial charge in [-0.15, -0.1) is 0 Å². The number of allylic oxidation sites excluding steroid dienone is 4. The van der Waals surface area contributed by atoms with Crippen LogP contribution in [-0.2, 0) is 28.6 Å². The molecular formula is C53H98O6. The van der Waals surface area contributed by atoms with Gasteiger partial charge in [0.05, 0.1) is 0 Å². The number of rotatable bonds is 47. The molecule has 0 aliphatic rings. The van der Waals surface area contributed by atoms with Crippen molar-refractivity contribution >= 4 is 17.9 Å². The maximum atomic E-state index is 12.8. The number of carbonyl (C=O) groups excluding carboxylic acids is 3. The molecule has 0 aliphatic carbocycles. The van der Waals surface area contributed by atoms with Crippen LogP contribution in [0.25, 0.3) is 0 Å². The fourth-order valence-electron chi connectivity index (χ4n) is 7.49. The van der Waals surface area contributed by atoms with Crippen LogP contribution in [0.4, 0.5) is 0 Å². The van der Waals surface area contributed by atoms with Crippen molar-refractivity contribution in [1.82, 2.24) is 0 Å². The second-order valence-electron chi connectivity index (χ2n) is 17.4. The Kier molecular flexibility index (Phi) is 46.8. The monoisotopic (exact) mass is 831 g/mol. The zero-order chi connectivity index (χ0) is 43.0. The van der Waals surface area contributed by atoms with Crippen molar-refractivity contribution in [3.8, 4) is 0 Å². The molecule has 0 spiro atoms. The van der Waals surface area contributed by atoms with Crippen molar-refractivity contribution in [2.75, 3.05) is 13.2 Å². The molecule has 0 rings (SSSR count). The first-order valence-corrected chi connectivity index (χ1v) is 25.8. The topological polar surface area (TPSA) is 78.9 Å². The first-order valence-electron chi connectivity index (χ1n) is 25.8. The summed E-state index contributed by atoms with van der Waals surface area (Å²) < 4.78 is 16.8. The zero-order valence-corrected chi connectivity index (χ0v) is 39.5. The van der Waals surface area contributed by atoms with Gasteiger partial charge in [0, 0.05) is 19.3 Å². The number of unbranched alkanes of at least 4 members (excludes halogenated alkanes) is 32. The van der Waals surface area contributed by atoms with Crippen molar-refractivity contribution < 1.29 is 28.6 Å². The molecule has 0 saturated carbocycles. The Balaban J connectivity index is 4.29. The van der Waals surface area contributed by atoms with Crippen LogP contribution in [0.1, 0.15) is 278 Å². The standard InChI is InChI=1S/C53H98O6/c1-4-7-10-13-16-19-21-23-25-26-27-28-30-31-34-37-40-43-46-52(55)58-49-50(48-57-51(54)45-42-39-36-33-18-15-12-9-6-3)59-53(56)47-44-41-38-35-32-29-24-22-20-17-14-11-8-5-2/h22,24-26,50H,4-21,23,27-49H2,1-3H3/b24-22-,26-25-. The van der Waals surface area contributed by atoms with Gasteiger partial charge < -0.3 is 14.2 Å². The number of ether oxygens (including phenoxy) is 3. The predicted octanol–water partition coefficient (Wildman–Crippen LogP) is 16.8. The highest BCUT2D eigenvalue weighted by Crippen LogP contribution is 2.15. The molecule has 0 N–H and O–H groups in total. The van der Waals surface area contributed by atoms with E-state index in [1.165, 1.54) is 173 Å². The van der Waals surface area contributed by atoms with Gasteiger partial charge in [0.25, 0.3) is 0 Å². The smallest absolute Gasteiger partial charge is 0.306 e. The van der Waals surface area contributed by atoms with E-state index in [9.17, 15) is 14.4 Å². The Morgan fingerprint density at radius 1 is 0.322 bits per heavy atom. The van der Waals surface area contributed by atoms with Gasteiger partial charge >= 0.3 is 17.9 Å². The molecule has 0 heterocycles. The largest absolute Gasteiger partial charge is 0.462 e. The minimum Gasteiger partial charge on any atom is -0.462 e. The molecule has 1 unspecified atom stereocenters. The highest BCUT2D eigenvalue weighted by atomic mass is 16.6. The van der Waals surface area contributed by atoms with Gasteiger partial charge in [0.1, 0.15) is 13.2 Å². The average Bonchev–Trinajstić information content (AvgIpc) is 3.23. The lowest BCUT2D eigenvalue weighted by atomic mass is 10.1. The fourth-order valence-corrected chi connectivity index (χ4v) is 7.49. The summed E-state index contributed by atoms with van der Waals surface area (Å²) in [6.45, 7) is 6.62. The summed E-state index contributed by atoms with van der Waals surface area (Å²) in [5.74, 6) is -0.878. The van der Waals surface area contributed by atoms with Crippen LogP contribution in [0.3, 0.4) is 0 Å². The van der Waals surface area contributed by atoms with Crippen LogP contribution >= 0.6 is 0 Å². The van der Waals surface area contributed by atoms with E-state index in [1.54, 1.807) is 0 Å². The zero-order valence-electron chi connectivity index (χ0n) is 39.5. The summed E-state index contributed by atoms with van der Waals surface area (Å²) in [4.78, 5) is 37.8. The summed E-state index contributed by atoms with van der Waals surface area (Å²) in [5, 5.41) is 0. The minimum atomic E-state index is -0.771. The molecule has 0 aliphatic heterocycles. The molecule has 0 bridgehead atoms. The van der Waals surface area contributed by atoms with Crippen LogP contribution in [-0.4, -0.2) is 37.2 Å². The summed E-state index contributed by atoms with van der Waals surface area (Å²) in [7, 11) is 0. The van der Waals surface area contributed by atoms with Crippen molar-refractivity contribution in [2.24, 2.45) is 0 Å². The van der Waals surface area contributed by atoms with Crippen molar-refractivity contribution in [3.63, 3.8) is 0 Å². The molecule has 1 atom stereocenters. The third-order valence-electron chi connectivity index (χ3n) is 11.4. The molecule has 0 aromatic carbocycles. The van der Waals surface area contributed by atoms with Gasteiger partial charge in [-0.25, -0.2) is 0 Å². The normalized spacial score (nSPS) is 12.1. The molecule has 0 aromatic heterocycles. The van der Waals surface area contributed by atoms with E-state index < -0.39 is 6.10 Å². The van der Waals surface area contributed by atoms with Crippen molar-refractivity contribution in [2.45, 2.75) is 284 Å². The average molecular weight is 831 g/mol. The van der Waals surface area contributed by atoms with E-state index in [4.69, 9.17) is 14.2 Å². The number of carbonyl (C=O) groups is 3. The van der Waals surface area contributed by atoms with Crippen LogP contribution < -0.4 is 0 Å². The number of hydrogen-bond acceptors (Lipinski definition) is 6. The summed E-state index contributed by atoms with van der Waals surface area (Å²) in [6, 6.07) is 0. The molecule has 0 radical (unpaired) electrons. The van der Waals surface area contributed by atoms with E-state index in [0.717, 1.165) is 64.2 Å². The lowest BCUT2D eigenvalue weighted by molar-refractivity contribution is -0.167. The van der Waals surface area contributed by atoms with Crippen molar-refractivity contribution in [3.05, 3.63) is 24.3 Å². The Hall–Kier alpha value is -2.11. The van der Waals surface area contributed by atoms with E-state index in [-0.39, 0.29) is 31.1 Å². The third-order valence-corrected chi connectivity index (χ3v) is 11.4. The van der Waals surface area contributed by atoms with Crippen LogP contribution in [0, 0.1) is 0 Å². The Bertz CT molecular complexity index is 958.